The van der Waals surface area contributed by atoms with Gasteiger partial charge in [-0.05, 0) is 45.1 Å². The molecule has 1 aliphatic rings. The molecule has 2 aromatic rings. The molecule has 0 amide bonds. The maximum Gasteiger partial charge on any atom is 0.146 e. The number of halogens is 1. The molecule has 6 heteroatoms. The minimum atomic E-state index is 0.439. The van der Waals surface area contributed by atoms with Crippen LogP contribution in [0.4, 0.5) is 0 Å². The lowest BCUT2D eigenvalue weighted by Crippen LogP contribution is -2.35. The van der Waals surface area contributed by atoms with Crippen LogP contribution < -0.4 is 0 Å². The average molecular weight is 348 g/mol. The van der Waals surface area contributed by atoms with E-state index < -0.39 is 0 Å². The van der Waals surface area contributed by atoms with E-state index in [0.717, 1.165) is 42.9 Å². The molecule has 0 unspecified atom stereocenters. The molecule has 0 bridgehead atoms. The third-order valence-electron chi connectivity index (χ3n) is 4.68. The Morgan fingerprint density at radius 1 is 1.25 bits per heavy atom. The second-order valence-electron chi connectivity index (χ2n) is 6.94. The minimum Gasteiger partial charge on any atom is -0.317 e. The molecule has 130 valence electrons. The van der Waals surface area contributed by atoms with Gasteiger partial charge in [0, 0.05) is 31.1 Å². The first-order valence-corrected chi connectivity index (χ1v) is 8.91. The summed E-state index contributed by atoms with van der Waals surface area (Å²) in [5.74, 6) is 2.57. The fraction of sp³-hybridized carbons (Fsp3) is 0.556. The van der Waals surface area contributed by atoms with Gasteiger partial charge >= 0.3 is 0 Å². The van der Waals surface area contributed by atoms with Gasteiger partial charge in [0.25, 0.3) is 0 Å². The van der Waals surface area contributed by atoms with Gasteiger partial charge in [0.2, 0.25) is 0 Å². The molecule has 1 atom stereocenters. The van der Waals surface area contributed by atoms with E-state index in [0.29, 0.717) is 5.92 Å². The molecule has 1 aromatic carbocycles. The van der Waals surface area contributed by atoms with Crippen LogP contribution >= 0.6 is 11.6 Å². The van der Waals surface area contributed by atoms with Crippen molar-refractivity contribution in [2.24, 2.45) is 7.05 Å². The molecule has 3 rings (SSSR count). The van der Waals surface area contributed by atoms with Crippen molar-refractivity contribution >= 4 is 11.6 Å². The zero-order valence-electron chi connectivity index (χ0n) is 14.7. The monoisotopic (exact) mass is 347 g/mol. The molecule has 0 N–H and O–H groups in total. The van der Waals surface area contributed by atoms with Gasteiger partial charge in [-0.2, -0.15) is 0 Å². The second kappa shape index (κ2) is 7.64. The summed E-state index contributed by atoms with van der Waals surface area (Å²) in [5, 5.41) is 9.72. The Balaban J connectivity index is 1.70. The van der Waals surface area contributed by atoms with Crippen LogP contribution in [0.2, 0.25) is 5.02 Å². The summed E-state index contributed by atoms with van der Waals surface area (Å²) in [7, 11) is 6.20. The number of aromatic nitrogens is 3. The van der Waals surface area contributed by atoms with E-state index in [4.69, 9.17) is 11.6 Å². The van der Waals surface area contributed by atoms with Gasteiger partial charge in [0.05, 0.1) is 6.54 Å². The third kappa shape index (κ3) is 3.97. The SMILES string of the molecule is CN(C)Cc1nnc([C@H]2CCCN(Cc3ccccc3Cl)C2)n1C. The fourth-order valence-corrected chi connectivity index (χ4v) is 3.62. The molecular formula is C18H26ClN5. The van der Waals surface area contributed by atoms with Crippen molar-refractivity contribution < 1.29 is 0 Å². The van der Waals surface area contributed by atoms with Crippen molar-refractivity contribution in [3.8, 4) is 0 Å². The Labute approximate surface area is 149 Å². The smallest absolute Gasteiger partial charge is 0.146 e. The van der Waals surface area contributed by atoms with Gasteiger partial charge in [-0.3, -0.25) is 4.90 Å². The fourth-order valence-electron chi connectivity index (χ4n) is 3.43. The van der Waals surface area contributed by atoms with Crippen LogP contribution in [0.3, 0.4) is 0 Å². The van der Waals surface area contributed by atoms with Crippen LogP contribution in [0, 0.1) is 0 Å². The molecular weight excluding hydrogens is 322 g/mol. The predicted molar refractivity (Wildman–Crippen MR) is 97.1 cm³/mol. The first-order valence-electron chi connectivity index (χ1n) is 8.53. The van der Waals surface area contributed by atoms with Gasteiger partial charge in [-0.25, -0.2) is 0 Å². The summed E-state index contributed by atoms with van der Waals surface area (Å²) >= 11 is 6.32. The van der Waals surface area contributed by atoms with E-state index in [1.54, 1.807) is 0 Å². The van der Waals surface area contributed by atoms with E-state index in [2.05, 4.69) is 57.8 Å². The molecule has 5 nitrogen and oxygen atoms in total. The topological polar surface area (TPSA) is 37.2 Å². The van der Waals surface area contributed by atoms with Gasteiger partial charge in [0.1, 0.15) is 11.6 Å². The summed E-state index contributed by atoms with van der Waals surface area (Å²) in [6.07, 6.45) is 2.36. The highest BCUT2D eigenvalue weighted by Gasteiger charge is 2.26. The summed E-state index contributed by atoms with van der Waals surface area (Å²) in [4.78, 5) is 4.61. The van der Waals surface area contributed by atoms with E-state index in [1.165, 1.54) is 18.4 Å². The number of likely N-dealkylation sites (tertiary alicyclic amines) is 1. The quantitative estimate of drug-likeness (QED) is 0.833. The van der Waals surface area contributed by atoms with E-state index >= 15 is 0 Å². The number of hydrogen-bond donors (Lipinski definition) is 0. The van der Waals surface area contributed by atoms with Crippen LogP contribution in [-0.2, 0) is 20.1 Å². The van der Waals surface area contributed by atoms with E-state index in [1.807, 2.05) is 12.1 Å². The zero-order valence-corrected chi connectivity index (χ0v) is 15.5. The molecule has 1 aromatic heterocycles. The van der Waals surface area contributed by atoms with E-state index in [-0.39, 0.29) is 0 Å². The van der Waals surface area contributed by atoms with Crippen LogP contribution in [0.5, 0.6) is 0 Å². The van der Waals surface area contributed by atoms with Gasteiger partial charge in [0.15, 0.2) is 0 Å². The molecule has 1 aliphatic heterocycles. The van der Waals surface area contributed by atoms with Crippen LogP contribution in [0.25, 0.3) is 0 Å². The normalized spacial score (nSPS) is 19.1. The van der Waals surface area contributed by atoms with E-state index in [9.17, 15) is 0 Å². The van der Waals surface area contributed by atoms with Crippen molar-refractivity contribution in [1.29, 1.82) is 0 Å². The van der Waals surface area contributed by atoms with Gasteiger partial charge in [-0.1, -0.05) is 29.8 Å². The summed E-state index contributed by atoms with van der Waals surface area (Å²) in [5.41, 5.74) is 1.20. The standard InChI is InChI=1S/C18H26ClN5/c1-22(2)13-17-20-21-18(23(17)3)15-8-6-10-24(12-15)11-14-7-4-5-9-16(14)19/h4-5,7,9,15H,6,8,10-13H2,1-3H3/t15-/m0/s1. The molecule has 1 fully saturated rings. The number of hydrogen-bond acceptors (Lipinski definition) is 4. The number of benzene rings is 1. The predicted octanol–water partition coefficient (Wildman–Crippen LogP) is 2.91. The van der Waals surface area contributed by atoms with Gasteiger partial charge in [-0.15, -0.1) is 10.2 Å². The largest absolute Gasteiger partial charge is 0.317 e. The number of nitrogens with zero attached hydrogens (tertiary/aromatic N) is 5. The summed E-state index contributed by atoms with van der Waals surface area (Å²) in [6.45, 7) is 3.85. The molecule has 2 heterocycles. The zero-order chi connectivity index (χ0) is 17.1. The lowest BCUT2D eigenvalue weighted by molar-refractivity contribution is 0.195. The van der Waals surface area contributed by atoms with Crippen molar-refractivity contribution in [1.82, 2.24) is 24.6 Å². The van der Waals surface area contributed by atoms with Crippen LogP contribution in [0.15, 0.2) is 24.3 Å². The first-order chi connectivity index (χ1) is 11.5. The lowest BCUT2D eigenvalue weighted by Gasteiger charge is -2.32. The molecule has 0 aliphatic carbocycles. The van der Waals surface area contributed by atoms with Crippen molar-refractivity contribution in [3.05, 3.63) is 46.5 Å². The molecule has 1 saturated heterocycles. The molecule has 0 spiro atoms. The minimum absolute atomic E-state index is 0.439. The molecule has 0 radical (unpaired) electrons. The number of piperidine rings is 1. The van der Waals surface area contributed by atoms with Gasteiger partial charge < -0.3 is 9.47 Å². The molecule has 0 saturated carbocycles. The Morgan fingerprint density at radius 3 is 2.79 bits per heavy atom. The van der Waals surface area contributed by atoms with Crippen LogP contribution in [0.1, 0.15) is 36.0 Å². The van der Waals surface area contributed by atoms with Crippen molar-refractivity contribution in [2.45, 2.75) is 31.8 Å². The average Bonchev–Trinajstić information content (AvgIpc) is 2.90. The maximum atomic E-state index is 6.32. The highest BCUT2D eigenvalue weighted by Crippen LogP contribution is 2.28. The summed E-state index contributed by atoms with van der Waals surface area (Å²) in [6, 6.07) is 8.12. The lowest BCUT2D eigenvalue weighted by atomic mass is 9.96. The number of rotatable bonds is 5. The Bertz CT molecular complexity index is 682. The Morgan fingerprint density at radius 2 is 2.04 bits per heavy atom. The Kier molecular flexibility index (Phi) is 5.54. The van der Waals surface area contributed by atoms with Crippen LogP contribution in [-0.4, -0.2) is 51.7 Å². The highest BCUT2D eigenvalue weighted by molar-refractivity contribution is 6.31. The second-order valence-corrected chi connectivity index (χ2v) is 7.34. The highest BCUT2D eigenvalue weighted by atomic mass is 35.5. The third-order valence-corrected chi connectivity index (χ3v) is 5.05. The maximum absolute atomic E-state index is 6.32. The summed E-state index contributed by atoms with van der Waals surface area (Å²) < 4.78 is 2.17. The first kappa shape index (κ1) is 17.4. The van der Waals surface area contributed by atoms with Crippen molar-refractivity contribution in [2.75, 3.05) is 27.2 Å². The Hall–Kier alpha value is -1.43. The van der Waals surface area contributed by atoms with Crippen molar-refractivity contribution in [3.63, 3.8) is 0 Å². The molecule has 24 heavy (non-hydrogen) atoms.